The van der Waals surface area contributed by atoms with E-state index in [9.17, 15) is 19.6 Å². The normalized spacial score (nSPS) is 19.9. The van der Waals surface area contributed by atoms with Crippen LogP contribution in [0.5, 0.6) is 0 Å². The van der Waals surface area contributed by atoms with Crippen LogP contribution < -0.4 is 5.32 Å². The van der Waals surface area contributed by atoms with Gasteiger partial charge in [-0.1, -0.05) is 6.07 Å². The number of nitrogens with zero attached hydrogens (tertiary/aromatic N) is 4. The number of nitrogens with one attached hydrogen (secondary N) is 1. The molecule has 1 aromatic carbocycles. The van der Waals surface area contributed by atoms with Crippen LogP contribution in [0.3, 0.4) is 0 Å². The SMILES string of the molecule is CCn1c(CC[C@@H]2CCCN2C(=O)CN2CC[C@H](NC(=O)OC(C)(C)C)C2=O)cc2ccc(C#N)cc21. The Balaban J connectivity index is 1.34. The number of aromatic nitrogens is 1. The van der Waals surface area contributed by atoms with Crippen LogP contribution in [0.1, 0.15) is 64.6 Å². The van der Waals surface area contributed by atoms with E-state index in [1.54, 1.807) is 25.7 Å². The molecule has 3 amide bonds. The van der Waals surface area contributed by atoms with Crippen molar-refractivity contribution in [3.05, 3.63) is 35.5 Å². The maximum absolute atomic E-state index is 13.2. The highest BCUT2D eigenvalue weighted by Gasteiger charge is 2.37. The molecule has 0 spiro atoms. The van der Waals surface area contributed by atoms with Crippen molar-refractivity contribution in [1.82, 2.24) is 19.7 Å². The van der Waals surface area contributed by atoms with Gasteiger partial charge in [0.15, 0.2) is 0 Å². The van der Waals surface area contributed by atoms with Crippen LogP contribution in [0.25, 0.3) is 10.9 Å². The van der Waals surface area contributed by atoms with E-state index < -0.39 is 17.7 Å². The number of hydrogen-bond acceptors (Lipinski definition) is 5. The largest absolute Gasteiger partial charge is 0.444 e. The average Bonchev–Trinajstić information content (AvgIpc) is 3.54. The topological polar surface area (TPSA) is 108 Å². The summed E-state index contributed by atoms with van der Waals surface area (Å²) < 4.78 is 7.51. The molecular weight excluding hydrogens is 470 g/mol. The summed E-state index contributed by atoms with van der Waals surface area (Å²) in [6.45, 7) is 9.40. The number of alkyl carbamates (subject to hydrolysis) is 1. The summed E-state index contributed by atoms with van der Waals surface area (Å²) in [4.78, 5) is 41.6. The van der Waals surface area contributed by atoms with Crippen LogP contribution in [0, 0.1) is 11.3 Å². The third-order valence-corrected chi connectivity index (χ3v) is 7.18. The molecule has 9 heteroatoms. The van der Waals surface area contributed by atoms with Gasteiger partial charge in [-0.2, -0.15) is 5.26 Å². The van der Waals surface area contributed by atoms with Crippen LogP contribution in [-0.2, 0) is 27.3 Å². The van der Waals surface area contributed by atoms with Gasteiger partial charge in [0.1, 0.15) is 11.6 Å². The van der Waals surface area contributed by atoms with Gasteiger partial charge < -0.3 is 24.4 Å². The molecule has 1 N–H and O–H groups in total. The second kappa shape index (κ2) is 10.8. The highest BCUT2D eigenvalue weighted by atomic mass is 16.6. The summed E-state index contributed by atoms with van der Waals surface area (Å²) in [6.07, 6.45) is 3.44. The van der Waals surface area contributed by atoms with Gasteiger partial charge >= 0.3 is 6.09 Å². The highest BCUT2D eigenvalue weighted by molar-refractivity contribution is 5.91. The van der Waals surface area contributed by atoms with Crippen molar-refractivity contribution in [3.63, 3.8) is 0 Å². The zero-order chi connectivity index (χ0) is 26.7. The number of carbonyl (C=O) groups excluding carboxylic acids is 3. The molecule has 4 rings (SSSR count). The Bertz CT molecular complexity index is 1220. The van der Waals surface area contributed by atoms with Crippen LogP contribution in [-0.4, -0.2) is 69.6 Å². The van der Waals surface area contributed by atoms with E-state index in [1.165, 1.54) is 5.69 Å². The lowest BCUT2D eigenvalue weighted by Crippen LogP contribution is -2.47. The van der Waals surface area contributed by atoms with E-state index in [1.807, 2.05) is 23.1 Å². The molecule has 2 fully saturated rings. The summed E-state index contributed by atoms with van der Waals surface area (Å²) in [7, 11) is 0. The van der Waals surface area contributed by atoms with E-state index in [4.69, 9.17) is 4.74 Å². The van der Waals surface area contributed by atoms with Crippen molar-refractivity contribution in [2.75, 3.05) is 19.6 Å². The lowest BCUT2D eigenvalue weighted by atomic mass is 10.1. The fraction of sp³-hybridized carbons (Fsp3) is 0.571. The Kier molecular flexibility index (Phi) is 7.76. The van der Waals surface area contributed by atoms with Gasteiger partial charge in [0.25, 0.3) is 0 Å². The van der Waals surface area contributed by atoms with Crippen molar-refractivity contribution < 1.29 is 19.1 Å². The zero-order valence-electron chi connectivity index (χ0n) is 22.2. The van der Waals surface area contributed by atoms with Crippen LogP contribution in [0.2, 0.25) is 0 Å². The van der Waals surface area contributed by atoms with Crippen molar-refractivity contribution >= 4 is 28.8 Å². The van der Waals surface area contributed by atoms with Crippen LogP contribution >= 0.6 is 0 Å². The smallest absolute Gasteiger partial charge is 0.408 e. The Morgan fingerprint density at radius 1 is 1.19 bits per heavy atom. The van der Waals surface area contributed by atoms with E-state index in [-0.39, 0.29) is 24.4 Å². The molecule has 0 unspecified atom stereocenters. The Labute approximate surface area is 218 Å². The third kappa shape index (κ3) is 6.07. The zero-order valence-corrected chi connectivity index (χ0v) is 22.2. The first-order valence-corrected chi connectivity index (χ1v) is 13.2. The molecule has 37 heavy (non-hydrogen) atoms. The predicted molar refractivity (Wildman–Crippen MR) is 140 cm³/mol. The predicted octanol–water partition coefficient (Wildman–Crippen LogP) is 3.58. The van der Waals surface area contributed by atoms with Gasteiger partial charge in [0.2, 0.25) is 11.8 Å². The molecule has 1 aromatic heterocycles. The van der Waals surface area contributed by atoms with Crippen molar-refractivity contribution in [3.8, 4) is 6.07 Å². The quantitative estimate of drug-likeness (QED) is 0.616. The average molecular weight is 508 g/mol. The van der Waals surface area contributed by atoms with Gasteiger partial charge in [0, 0.05) is 36.9 Å². The molecular formula is C28H37N5O4. The molecule has 0 radical (unpaired) electrons. The van der Waals surface area contributed by atoms with Gasteiger partial charge in [-0.15, -0.1) is 0 Å². The number of likely N-dealkylation sites (tertiary alicyclic amines) is 2. The van der Waals surface area contributed by atoms with Gasteiger partial charge in [0.05, 0.1) is 18.2 Å². The Hall–Kier alpha value is -3.54. The summed E-state index contributed by atoms with van der Waals surface area (Å²) in [5, 5.41) is 13.0. The fourth-order valence-electron chi connectivity index (χ4n) is 5.47. The first-order chi connectivity index (χ1) is 17.6. The number of carbonyl (C=O) groups is 3. The second-order valence-electron chi connectivity index (χ2n) is 10.9. The molecule has 2 aliphatic heterocycles. The van der Waals surface area contributed by atoms with E-state index in [2.05, 4.69) is 28.9 Å². The first-order valence-electron chi connectivity index (χ1n) is 13.2. The van der Waals surface area contributed by atoms with Gasteiger partial charge in [-0.05, 0) is 83.4 Å². The summed E-state index contributed by atoms with van der Waals surface area (Å²) in [5.41, 5.74) is 2.28. The molecule has 2 aromatic rings. The molecule has 9 nitrogen and oxygen atoms in total. The number of amides is 3. The number of benzene rings is 1. The van der Waals surface area contributed by atoms with Gasteiger partial charge in [-0.25, -0.2) is 4.79 Å². The van der Waals surface area contributed by atoms with Crippen molar-refractivity contribution in [2.24, 2.45) is 0 Å². The second-order valence-corrected chi connectivity index (χ2v) is 10.9. The minimum Gasteiger partial charge on any atom is -0.444 e. The lowest BCUT2D eigenvalue weighted by molar-refractivity contribution is -0.139. The lowest BCUT2D eigenvalue weighted by Gasteiger charge is -2.27. The molecule has 2 atom stereocenters. The summed E-state index contributed by atoms with van der Waals surface area (Å²) in [5.74, 6) is -0.275. The maximum atomic E-state index is 13.2. The molecule has 198 valence electrons. The Morgan fingerprint density at radius 2 is 1.97 bits per heavy atom. The monoisotopic (exact) mass is 507 g/mol. The van der Waals surface area contributed by atoms with Crippen molar-refractivity contribution in [2.45, 2.75) is 84.0 Å². The summed E-state index contributed by atoms with van der Waals surface area (Å²) >= 11 is 0. The fourth-order valence-corrected chi connectivity index (χ4v) is 5.47. The molecule has 2 aliphatic rings. The third-order valence-electron chi connectivity index (χ3n) is 7.18. The van der Waals surface area contributed by atoms with E-state index in [0.29, 0.717) is 25.1 Å². The standard InChI is InChI=1S/C28H37N5O4/c1-5-32-22(16-20-9-8-19(17-29)15-24(20)32)11-10-21-7-6-13-33(21)25(34)18-31-14-12-23(26(31)35)30-27(36)37-28(2,3)4/h8-9,15-16,21,23H,5-7,10-14,18H2,1-4H3,(H,30,36)/t21-,23-/m0/s1. The van der Waals surface area contributed by atoms with E-state index >= 15 is 0 Å². The molecule has 3 heterocycles. The van der Waals surface area contributed by atoms with E-state index in [0.717, 1.165) is 43.1 Å². The maximum Gasteiger partial charge on any atom is 0.408 e. The van der Waals surface area contributed by atoms with Crippen LogP contribution in [0.4, 0.5) is 4.79 Å². The molecule has 2 saturated heterocycles. The summed E-state index contributed by atoms with van der Waals surface area (Å²) in [6, 6.07) is 9.65. The van der Waals surface area contributed by atoms with Crippen molar-refractivity contribution in [1.29, 1.82) is 5.26 Å². The van der Waals surface area contributed by atoms with Crippen LogP contribution in [0.15, 0.2) is 24.3 Å². The Morgan fingerprint density at radius 3 is 2.68 bits per heavy atom. The number of hydrogen-bond donors (Lipinski definition) is 1. The molecule has 0 saturated carbocycles. The number of nitriles is 1. The number of rotatable bonds is 7. The molecule has 0 aliphatic carbocycles. The highest BCUT2D eigenvalue weighted by Crippen LogP contribution is 2.26. The first kappa shape index (κ1) is 26.5. The minimum atomic E-state index is -0.658. The number of aryl methyl sites for hydroxylation is 2. The van der Waals surface area contributed by atoms with Gasteiger partial charge in [-0.3, -0.25) is 9.59 Å². The minimum absolute atomic E-state index is 0.0357. The number of ether oxygens (including phenoxy) is 1. The number of fused-ring (bicyclic) bond motifs is 1. The molecule has 0 bridgehead atoms.